The van der Waals surface area contributed by atoms with Crippen LogP contribution in [0.25, 0.3) is 6.08 Å². The minimum absolute atomic E-state index is 0.0796. The average molecular weight is 300 g/mol. The van der Waals surface area contributed by atoms with E-state index in [9.17, 15) is 13.6 Å². The van der Waals surface area contributed by atoms with E-state index in [2.05, 4.69) is 15.4 Å². The third-order valence-corrected chi connectivity index (χ3v) is 2.64. The Labute approximate surface area is 118 Å². The van der Waals surface area contributed by atoms with Crippen molar-refractivity contribution in [2.75, 3.05) is 7.11 Å². The number of nitrogens with one attached hydrogen (secondary N) is 2. The normalized spacial score (nSPS) is 16.3. The summed E-state index contributed by atoms with van der Waals surface area (Å²) >= 11 is 4.79. The smallest absolute Gasteiger partial charge is 0.387 e. The molecule has 0 atom stereocenters. The zero-order valence-electron chi connectivity index (χ0n) is 10.3. The number of amides is 1. The zero-order chi connectivity index (χ0) is 14.7. The lowest BCUT2D eigenvalue weighted by Gasteiger charge is -2.10. The number of rotatable bonds is 4. The highest BCUT2D eigenvalue weighted by molar-refractivity contribution is 7.80. The molecule has 0 unspecified atom stereocenters. The molecule has 1 aliphatic heterocycles. The minimum Gasteiger partial charge on any atom is -0.493 e. The van der Waals surface area contributed by atoms with Crippen LogP contribution < -0.4 is 20.1 Å². The van der Waals surface area contributed by atoms with E-state index >= 15 is 0 Å². The summed E-state index contributed by atoms with van der Waals surface area (Å²) in [6.07, 6.45) is 1.52. The highest BCUT2D eigenvalue weighted by atomic mass is 32.1. The molecule has 1 amide bonds. The summed E-state index contributed by atoms with van der Waals surface area (Å²) in [5, 5.41) is 5.30. The molecule has 1 heterocycles. The Bertz CT molecular complexity index is 590. The molecule has 0 bridgehead atoms. The molecule has 2 N–H and O–H groups in total. The number of alkyl halides is 2. The number of hydrogen-bond donors (Lipinski definition) is 2. The van der Waals surface area contributed by atoms with Crippen LogP contribution >= 0.6 is 12.2 Å². The topological polar surface area (TPSA) is 59.6 Å². The van der Waals surface area contributed by atoms with Crippen LogP contribution in [-0.2, 0) is 4.79 Å². The maximum Gasteiger partial charge on any atom is 0.387 e. The summed E-state index contributed by atoms with van der Waals surface area (Å²) in [6.45, 7) is -2.94. The van der Waals surface area contributed by atoms with Crippen LogP contribution in [0.2, 0.25) is 0 Å². The number of halogens is 2. The van der Waals surface area contributed by atoms with E-state index in [0.717, 1.165) is 0 Å². The Morgan fingerprint density at radius 1 is 1.30 bits per heavy atom. The van der Waals surface area contributed by atoms with Crippen molar-refractivity contribution in [3.63, 3.8) is 0 Å². The second kappa shape index (κ2) is 5.83. The van der Waals surface area contributed by atoms with Gasteiger partial charge in [-0.15, -0.1) is 0 Å². The van der Waals surface area contributed by atoms with E-state index in [0.29, 0.717) is 5.56 Å². The predicted molar refractivity (Wildman–Crippen MR) is 71.5 cm³/mol. The summed E-state index contributed by atoms with van der Waals surface area (Å²) in [5.74, 6) is -0.300. The van der Waals surface area contributed by atoms with Crippen molar-refractivity contribution in [2.45, 2.75) is 6.61 Å². The summed E-state index contributed by atoms with van der Waals surface area (Å²) in [4.78, 5) is 11.5. The maximum atomic E-state index is 12.2. The van der Waals surface area contributed by atoms with Gasteiger partial charge in [0.2, 0.25) is 0 Å². The van der Waals surface area contributed by atoms with Crippen molar-refractivity contribution in [1.29, 1.82) is 0 Å². The molecular formula is C12H10F2N2O3S. The van der Waals surface area contributed by atoms with Gasteiger partial charge in [0.05, 0.1) is 7.11 Å². The Morgan fingerprint density at radius 2 is 2.05 bits per heavy atom. The van der Waals surface area contributed by atoms with E-state index in [1.165, 1.54) is 31.4 Å². The molecule has 0 aliphatic carbocycles. The van der Waals surface area contributed by atoms with Gasteiger partial charge < -0.3 is 14.8 Å². The number of methoxy groups -OCH3 is 1. The van der Waals surface area contributed by atoms with Gasteiger partial charge in [-0.2, -0.15) is 8.78 Å². The van der Waals surface area contributed by atoms with Gasteiger partial charge >= 0.3 is 6.61 Å². The quantitative estimate of drug-likeness (QED) is 0.654. The molecule has 1 aromatic carbocycles. The van der Waals surface area contributed by atoms with Crippen molar-refractivity contribution in [3.8, 4) is 11.5 Å². The maximum absolute atomic E-state index is 12.2. The van der Waals surface area contributed by atoms with Gasteiger partial charge in [0, 0.05) is 0 Å². The van der Waals surface area contributed by atoms with Crippen LogP contribution in [0.4, 0.5) is 8.78 Å². The fourth-order valence-corrected chi connectivity index (χ4v) is 1.82. The van der Waals surface area contributed by atoms with Gasteiger partial charge in [0.1, 0.15) is 5.70 Å². The van der Waals surface area contributed by atoms with Crippen molar-refractivity contribution < 1.29 is 23.0 Å². The number of benzene rings is 1. The Balaban J connectivity index is 2.28. The second-order valence-corrected chi connectivity index (χ2v) is 4.16. The van der Waals surface area contributed by atoms with Crippen LogP contribution in [0.3, 0.4) is 0 Å². The molecule has 0 aromatic heterocycles. The molecular weight excluding hydrogens is 290 g/mol. The lowest BCUT2D eigenvalue weighted by Crippen LogP contribution is -2.21. The van der Waals surface area contributed by atoms with Crippen LogP contribution in [0.1, 0.15) is 5.56 Å². The van der Waals surface area contributed by atoms with Crippen LogP contribution in [0.15, 0.2) is 23.9 Å². The number of carbonyl (C=O) groups excluding carboxylic acids is 1. The molecule has 1 aromatic rings. The Hall–Kier alpha value is -2.22. The summed E-state index contributed by atoms with van der Waals surface area (Å²) < 4.78 is 33.7. The first-order valence-corrected chi connectivity index (χ1v) is 5.87. The van der Waals surface area contributed by atoms with Gasteiger partial charge in [-0.1, -0.05) is 6.07 Å². The third kappa shape index (κ3) is 3.21. The van der Waals surface area contributed by atoms with Gasteiger partial charge in [-0.25, -0.2) is 0 Å². The number of thiocarbonyl (C=S) groups is 1. The van der Waals surface area contributed by atoms with E-state index in [1.807, 2.05) is 0 Å². The summed E-state index contributed by atoms with van der Waals surface area (Å²) in [7, 11) is 1.33. The fourth-order valence-electron chi connectivity index (χ4n) is 1.62. The number of ether oxygens (including phenoxy) is 2. The SMILES string of the molecule is COc1cc(/C=C2\NC(=S)NC2=O)ccc1OC(F)F. The van der Waals surface area contributed by atoms with E-state index in [4.69, 9.17) is 17.0 Å². The summed E-state index contributed by atoms with van der Waals surface area (Å²) in [6, 6.07) is 4.33. The fraction of sp³-hybridized carbons (Fsp3) is 0.167. The number of hydrogen-bond acceptors (Lipinski definition) is 4. The number of carbonyl (C=O) groups is 1. The van der Waals surface area contributed by atoms with Crippen LogP contribution in [0.5, 0.6) is 11.5 Å². The van der Waals surface area contributed by atoms with Crippen LogP contribution in [-0.4, -0.2) is 24.7 Å². The van der Waals surface area contributed by atoms with Gasteiger partial charge in [0.15, 0.2) is 16.6 Å². The molecule has 106 valence electrons. The molecule has 8 heteroatoms. The average Bonchev–Trinajstić information content (AvgIpc) is 2.69. The van der Waals surface area contributed by atoms with E-state index in [1.54, 1.807) is 0 Å². The van der Waals surface area contributed by atoms with Crippen molar-refractivity contribution in [1.82, 2.24) is 10.6 Å². The van der Waals surface area contributed by atoms with Crippen molar-refractivity contribution in [2.24, 2.45) is 0 Å². The highest BCUT2D eigenvalue weighted by Crippen LogP contribution is 2.30. The molecule has 1 aliphatic rings. The van der Waals surface area contributed by atoms with Gasteiger partial charge in [-0.3, -0.25) is 10.1 Å². The molecule has 0 radical (unpaired) electrons. The minimum atomic E-state index is -2.94. The molecule has 20 heavy (non-hydrogen) atoms. The first-order chi connectivity index (χ1) is 9.49. The lowest BCUT2D eigenvalue weighted by atomic mass is 10.1. The first-order valence-electron chi connectivity index (χ1n) is 5.46. The second-order valence-electron chi connectivity index (χ2n) is 3.76. The van der Waals surface area contributed by atoms with Gasteiger partial charge in [0.25, 0.3) is 5.91 Å². The molecule has 2 rings (SSSR count). The molecule has 0 spiro atoms. The van der Waals surface area contributed by atoms with E-state index < -0.39 is 6.61 Å². The van der Waals surface area contributed by atoms with E-state index in [-0.39, 0.29) is 28.2 Å². The van der Waals surface area contributed by atoms with Crippen LogP contribution in [0, 0.1) is 0 Å². The Kier molecular flexibility index (Phi) is 4.14. The molecule has 1 fully saturated rings. The monoisotopic (exact) mass is 300 g/mol. The largest absolute Gasteiger partial charge is 0.493 e. The van der Waals surface area contributed by atoms with Crippen molar-refractivity contribution >= 4 is 29.3 Å². The highest BCUT2D eigenvalue weighted by Gasteiger charge is 2.20. The zero-order valence-corrected chi connectivity index (χ0v) is 11.1. The predicted octanol–water partition coefficient (Wildman–Crippen LogP) is 1.64. The standard InChI is InChI=1S/C12H10F2N2O3S/c1-18-9-5-6(2-3-8(9)19-11(13)14)4-7-10(17)16-12(20)15-7/h2-5,11H,1H3,(H2,15,16,17,20)/b7-4-. The third-order valence-electron chi connectivity index (χ3n) is 2.43. The first kappa shape index (κ1) is 14.2. The molecule has 1 saturated heterocycles. The van der Waals surface area contributed by atoms with Crippen molar-refractivity contribution in [3.05, 3.63) is 29.5 Å². The molecule has 0 saturated carbocycles. The molecule has 5 nitrogen and oxygen atoms in total. The lowest BCUT2D eigenvalue weighted by molar-refractivity contribution is -0.115. The van der Waals surface area contributed by atoms with Gasteiger partial charge in [-0.05, 0) is 36.0 Å². The Morgan fingerprint density at radius 3 is 2.60 bits per heavy atom. The summed E-state index contributed by atoms with van der Waals surface area (Å²) in [5.41, 5.74) is 0.838.